The molecule has 0 atom stereocenters. The second-order valence-corrected chi connectivity index (χ2v) is 7.01. The molecule has 23 heavy (non-hydrogen) atoms. The van der Waals surface area contributed by atoms with Gasteiger partial charge >= 0.3 is 5.63 Å². The molecule has 120 valence electrons. The maximum atomic E-state index is 11.8. The number of fused-ring (bicyclic) bond motifs is 1. The van der Waals surface area contributed by atoms with Crippen molar-refractivity contribution in [1.29, 1.82) is 0 Å². The normalized spacial score (nSPS) is 11.5. The van der Waals surface area contributed by atoms with Crippen LogP contribution in [0.25, 0.3) is 11.0 Å². The molecule has 0 radical (unpaired) electrons. The van der Waals surface area contributed by atoms with E-state index in [-0.39, 0.29) is 5.63 Å². The Kier molecular flexibility index (Phi) is 4.62. The molecule has 0 saturated carbocycles. The highest BCUT2D eigenvalue weighted by molar-refractivity contribution is 7.97. The molecule has 1 aromatic carbocycles. The summed E-state index contributed by atoms with van der Waals surface area (Å²) in [6.07, 6.45) is 1.68. The molecule has 0 spiro atoms. The van der Waals surface area contributed by atoms with Crippen molar-refractivity contribution < 1.29 is 8.83 Å². The average Bonchev–Trinajstić information content (AvgIpc) is 2.99. The molecule has 4 heteroatoms. The first kappa shape index (κ1) is 15.9. The number of hydrogen-bond donors (Lipinski definition) is 0. The predicted octanol–water partition coefficient (Wildman–Crippen LogP) is 5.25. The van der Waals surface area contributed by atoms with Crippen LogP contribution in [0.3, 0.4) is 0 Å². The average molecular weight is 328 g/mol. The maximum absolute atomic E-state index is 11.8. The van der Waals surface area contributed by atoms with Crippen molar-refractivity contribution in [2.24, 2.45) is 0 Å². The molecule has 2 heterocycles. The van der Waals surface area contributed by atoms with Gasteiger partial charge in [0, 0.05) is 17.2 Å². The van der Waals surface area contributed by atoms with E-state index in [0.29, 0.717) is 11.5 Å². The molecule has 0 saturated heterocycles. The fraction of sp³-hybridized carbons (Fsp3) is 0.316. The van der Waals surface area contributed by atoms with Gasteiger partial charge < -0.3 is 8.83 Å². The first-order chi connectivity index (χ1) is 11.0. The Balaban J connectivity index is 1.94. The van der Waals surface area contributed by atoms with Crippen molar-refractivity contribution in [3.63, 3.8) is 0 Å². The zero-order valence-electron chi connectivity index (χ0n) is 13.6. The number of benzene rings is 1. The fourth-order valence-electron chi connectivity index (χ4n) is 2.79. The molecule has 0 N–H and O–H groups in total. The van der Waals surface area contributed by atoms with Gasteiger partial charge in [-0.15, -0.1) is 11.8 Å². The first-order valence-corrected chi connectivity index (χ1v) is 8.87. The summed E-state index contributed by atoms with van der Waals surface area (Å²) in [7, 11) is 0. The van der Waals surface area contributed by atoms with Crippen molar-refractivity contribution in [2.45, 2.75) is 38.2 Å². The van der Waals surface area contributed by atoms with Crippen molar-refractivity contribution in [3.8, 4) is 0 Å². The molecule has 3 aromatic rings. The van der Waals surface area contributed by atoms with E-state index in [1.54, 1.807) is 24.1 Å². The second-order valence-electron chi connectivity index (χ2n) is 6.02. The Bertz CT molecular complexity index is 860. The number of hydrogen-bond acceptors (Lipinski definition) is 4. The van der Waals surface area contributed by atoms with Crippen molar-refractivity contribution >= 4 is 22.7 Å². The number of thioether (sulfide) groups is 1. The van der Waals surface area contributed by atoms with Crippen LogP contribution in [0.5, 0.6) is 0 Å². The molecular weight excluding hydrogens is 308 g/mol. The highest BCUT2D eigenvalue weighted by Crippen LogP contribution is 2.29. The van der Waals surface area contributed by atoms with Gasteiger partial charge in [-0.2, -0.15) is 0 Å². The van der Waals surface area contributed by atoms with Crippen LogP contribution in [0, 0.1) is 6.92 Å². The van der Waals surface area contributed by atoms with Crippen LogP contribution in [0.1, 0.15) is 42.2 Å². The molecule has 0 bridgehead atoms. The van der Waals surface area contributed by atoms with Crippen LogP contribution >= 0.6 is 11.8 Å². The number of aryl methyl sites for hydroxylation is 1. The highest BCUT2D eigenvalue weighted by atomic mass is 32.2. The van der Waals surface area contributed by atoms with Gasteiger partial charge in [-0.1, -0.05) is 13.8 Å². The molecule has 0 unspecified atom stereocenters. The molecule has 0 amide bonds. The Labute approximate surface area is 139 Å². The maximum Gasteiger partial charge on any atom is 0.336 e. The topological polar surface area (TPSA) is 43.4 Å². The summed E-state index contributed by atoms with van der Waals surface area (Å²) >= 11 is 1.73. The van der Waals surface area contributed by atoms with E-state index in [4.69, 9.17) is 8.83 Å². The summed E-state index contributed by atoms with van der Waals surface area (Å²) in [6.45, 7) is 6.42. The lowest BCUT2D eigenvalue weighted by atomic mass is 9.95. The summed E-state index contributed by atoms with van der Waals surface area (Å²) < 4.78 is 10.7. The second kappa shape index (κ2) is 6.67. The summed E-state index contributed by atoms with van der Waals surface area (Å²) in [5.74, 6) is 2.93. The summed E-state index contributed by atoms with van der Waals surface area (Å²) in [4.78, 5) is 11.8. The third kappa shape index (κ3) is 3.53. The van der Waals surface area contributed by atoms with Gasteiger partial charge in [0.15, 0.2) is 0 Å². The fourth-order valence-corrected chi connectivity index (χ4v) is 3.72. The van der Waals surface area contributed by atoms with Gasteiger partial charge in [0.25, 0.3) is 0 Å². The van der Waals surface area contributed by atoms with Crippen LogP contribution in [-0.4, -0.2) is 0 Å². The molecule has 0 aliphatic rings. The van der Waals surface area contributed by atoms with Gasteiger partial charge in [-0.3, -0.25) is 0 Å². The summed E-state index contributed by atoms with van der Waals surface area (Å²) in [5.41, 5.74) is 3.87. The minimum Gasteiger partial charge on any atom is -0.468 e. The number of furan rings is 1. The standard InChI is InChI=1S/C19H20O3S/c1-12(2)16-9-17-14(10-23-11-15-5-4-6-21-15)8-19(20)22-18(17)7-13(16)3/h4-9,12H,10-11H2,1-3H3. The van der Waals surface area contributed by atoms with Crippen LogP contribution in [-0.2, 0) is 11.5 Å². The van der Waals surface area contributed by atoms with Gasteiger partial charge in [0.1, 0.15) is 11.3 Å². The SMILES string of the molecule is Cc1cc2oc(=O)cc(CSCc3ccco3)c2cc1C(C)C. The first-order valence-electron chi connectivity index (χ1n) is 7.72. The Morgan fingerprint density at radius 1 is 1.17 bits per heavy atom. The van der Waals surface area contributed by atoms with Gasteiger partial charge in [0.2, 0.25) is 0 Å². The molecule has 2 aromatic heterocycles. The van der Waals surface area contributed by atoms with Gasteiger partial charge in [-0.05, 0) is 53.8 Å². The molecule has 0 fully saturated rings. The Morgan fingerprint density at radius 2 is 2.00 bits per heavy atom. The quantitative estimate of drug-likeness (QED) is 0.600. The Morgan fingerprint density at radius 3 is 2.70 bits per heavy atom. The molecular formula is C19H20O3S. The van der Waals surface area contributed by atoms with Crippen molar-refractivity contribution in [2.75, 3.05) is 0 Å². The molecule has 3 rings (SSSR count). The van der Waals surface area contributed by atoms with E-state index in [2.05, 4.69) is 26.8 Å². The van der Waals surface area contributed by atoms with E-state index in [9.17, 15) is 4.79 Å². The predicted molar refractivity (Wildman–Crippen MR) is 95.0 cm³/mol. The van der Waals surface area contributed by atoms with Crippen LogP contribution in [0.2, 0.25) is 0 Å². The van der Waals surface area contributed by atoms with E-state index >= 15 is 0 Å². The van der Waals surface area contributed by atoms with Crippen molar-refractivity contribution in [1.82, 2.24) is 0 Å². The van der Waals surface area contributed by atoms with Crippen LogP contribution in [0.15, 0.2) is 50.2 Å². The van der Waals surface area contributed by atoms with Crippen LogP contribution in [0.4, 0.5) is 0 Å². The minimum atomic E-state index is -0.289. The Hall–Kier alpha value is -1.94. The summed E-state index contributed by atoms with van der Waals surface area (Å²) in [6, 6.07) is 9.61. The lowest BCUT2D eigenvalue weighted by molar-refractivity contribution is 0.530. The zero-order valence-corrected chi connectivity index (χ0v) is 14.4. The lowest BCUT2D eigenvalue weighted by Gasteiger charge is -2.12. The smallest absolute Gasteiger partial charge is 0.336 e. The minimum absolute atomic E-state index is 0.289. The largest absolute Gasteiger partial charge is 0.468 e. The summed E-state index contributed by atoms with van der Waals surface area (Å²) in [5, 5.41) is 1.03. The monoisotopic (exact) mass is 328 g/mol. The van der Waals surface area contributed by atoms with Gasteiger partial charge in [0.05, 0.1) is 12.0 Å². The van der Waals surface area contributed by atoms with E-state index in [1.165, 1.54) is 5.56 Å². The van der Waals surface area contributed by atoms with Crippen LogP contribution < -0.4 is 5.63 Å². The van der Waals surface area contributed by atoms with Crippen molar-refractivity contribution in [3.05, 3.63) is 69.5 Å². The van der Waals surface area contributed by atoms with E-state index in [1.807, 2.05) is 18.2 Å². The number of rotatable bonds is 5. The van der Waals surface area contributed by atoms with Gasteiger partial charge in [-0.25, -0.2) is 4.79 Å². The third-order valence-corrected chi connectivity index (χ3v) is 4.92. The highest BCUT2D eigenvalue weighted by Gasteiger charge is 2.11. The molecule has 0 aliphatic carbocycles. The van der Waals surface area contributed by atoms with E-state index in [0.717, 1.165) is 33.8 Å². The molecule has 0 aliphatic heterocycles. The third-order valence-electron chi connectivity index (χ3n) is 3.92. The molecule has 3 nitrogen and oxygen atoms in total. The lowest BCUT2D eigenvalue weighted by Crippen LogP contribution is -2.02. The van der Waals surface area contributed by atoms with E-state index < -0.39 is 0 Å². The zero-order chi connectivity index (χ0) is 16.4.